The molecule has 5 heteroatoms. The van der Waals surface area contributed by atoms with Crippen molar-refractivity contribution in [3.05, 3.63) is 21.4 Å². The molecule has 0 aliphatic heterocycles. The van der Waals surface area contributed by atoms with E-state index in [1.54, 1.807) is 6.92 Å². The second-order valence-electron chi connectivity index (χ2n) is 5.60. The van der Waals surface area contributed by atoms with E-state index < -0.39 is 6.10 Å². The number of carbonyl (C=O) groups is 2. The molecule has 1 amide bonds. The van der Waals surface area contributed by atoms with Gasteiger partial charge in [-0.15, -0.1) is 11.3 Å². The Morgan fingerprint density at radius 1 is 1.35 bits per heavy atom. The summed E-state index contributed by atoms with van der Waals surface area (Å²) in [4.78, 5) is 25.8. The Balaban J connectivity index is 1.60. The van der Waals surface area contributed by atoms with Crippen molar-refractivity contribution >= 4 is 23.2 Å². The van der Waals surface area contributed by atoms with Crippen molar-refractivity contribution < 1.29 is 14.3 Å². The molecule has 4 nitrogen and oxygen atoms in total. The smallest absolute Gasteiger partial charge is 0.349 e. The van der Waals surface area contributed by atoms with Gasteiger partial charge >= 0.3 is 5.97 Å². The van der Waals surface area contributed by atoms with Crippen molar-refractivity contribution in [2.45, 2.75) is 57.6 Å². The molecule has 0 unspecified atom stereocenters. The molecule has 1 atom stereocenters. The summed E-state index contributed by atoms with van der Waals surface area (Å²) >= 11 is 1.52. The van der Waals surface area contributed by atoms with Gasteiger partial charge in [-0.2, -0.15) is 0 Å². The fraction of sp³-hybridized carbons (Fsp3) is 0.600. The first-order valence-electron chi connectivity index (χ1n) is 7.26. The van der Waals surface area contributed by atoms with Crippen LogP contribution in [0.4, 0.5) is 0 Å². The van der Waals surface area contributed by atoms with Crippen LogP contribution in [-0.2, 0) is 22.4 Å². The minimum absolute atomic E-state index is 0.192. The molecule has 2 aliphatic rings. The predicted octanol–water partition coefficient (Wildman–Crippen LogP) is 2.45. The topological polar surface area (TPSA) is 55.4 Å². The van der Waals surface area contributed by atoms with Crippen molar-refractivity contribution in [1.29, 1.82) is 0 Å². The molecule has 2 aliphatic carbocycles. The molecule has 1 saturated carbocycles. The third-order valence-electron chi connectivity index (χ3n) is 3.77. The van der Waals surface area contributed by atoms with Crippen LogP contribution in [0.25, 0.3) is 0 Å². The molecule has 20 heavy (non-hydrogen) atoms. The SMILES string of the molecule is C[C@@H](OC(=O)c1cc2c(s1)CCCC2)C(=O)NC1CC1. The number of amides is 1. The number of nitrogens with one attached hydrogen (secondary N) is 1. The number of fused-ring (bicyclic) bond motifs is 1. The van der Waals surface area contributed by atoms with Crippen LogP contribution in [0.3, 0.4) is 0 Å². The van der Waals surface area contributed by atoms with Crippen molar-refractivity contribution in [2.24, 2.45) is 0 Å². The monoisotopic (exact) mass is 293 g/mol. The summed E-state index contributed by atoms with van der Waals surface area (Å²) < 4.78 is 5.26. The lowest BCUT2D eigenvalue weighted by Crippen LogP contribution is -2.36. The molecule has 1 heterocycles. The number of thiophene rings is 1. The van der Waals surface area contributed by atoms with E-state index in [1.165, 1.54) is 34.6 Å². The molecule has 0 radical (unpaired) electrons. The first-order valence-corrected chi connectivity index (χ1v) is 8.08. The van der Waals surface area contributed by atoms with Crippen LogP contribution in [0.15, 0.2) is 6.07 Å². The molecule has 1 N–H and O–H groups in total. The number of aryl methyl sites for hydroxylation is 2. The van der Waals surface area contributed by atoms with E-state index in [0.717, 1.165) is 25.7 Å². The molecular formula is C15H19NO3S. The fourth-order valence-corrected chi connectivity index (χ4v) is 3.55. The van der Waals surface area contributed by atoms with E-state index in [1.807, 2.05) is 6.07 Å². The zero-order valence-electron chi connectivity index (χ0n) is 11.6. The Bertz CT molecular complexity index is 510. The highest BCUT2D eigenvalue weighted by Crippen LogP contribution is 2.30. The summed E-state index contributed by atoms with van der Waals surface area (Å²) in [7, 11) is 0. The number of ether oxygens (including phenoxy) is 1. The van der Waals surface area contributed by atoms with E-state index in [-0.39, 0.29) is 17.9 Å². The van der Waals surface area contributed by atoms with Gasteiger partial charge in [0.15, 0.2) is 6.10 Å². The van der Waals surface area contributed by atoms with Crippen LogP contribution in [0.1, 0.15) is 52.7 Å². The average molecular weight is 293 g/mol. The zero-order chi connectivity index (χ0) is 14.1. The van der Waals surface area contributed by atoms with Gasteiger partial charge in [0.2, 0.25) is 0 Å². The van der Waals surface area contributed by atoms with Crippen LogP contribution in [0.2, 0.25) is 0 Å². The lowest BCUT2D eigenvalue weighted by molar-refractivity contribution is -0.129. The maximum Gasteiger partial charge on any atom is 0.349 e. The molecule has 0 aromatic carbocycles. The van der Waals surface area contributed by atoms with Crippen LogP contribution in [0, 0.1) is 0 Å². The van der Waals surface area contributed by atoms with Gasteiger partial charge in [0.25, 0.3) is 5.91 Å². The predicted molar refractivity (Wildman–Crippen MR) is 77.0 cm³/mol. The summed E-state index contributed by atoms with van der Waals surface area (Å²) in [6.45, 7) is 1.63. The Kier molecular flexibility index (Phi) is 3.78. The average Bonchev–Trinajstić information content (AvgIpc) is 3.13. The van der Waals surface area contributed by atoms with E-state index in [0.29, 0.717) is 4.88 Å². The molecule has 3 rings (SSSR count). The highest BCUT2D eigenvalue weighted by atomic mass is 32.1. The summed E-state index contributed by atoms with van der Waals surface area (Å²) in [5.41, 5.74) is 1.28. The van der Waals surface area contributed by atoms with Crippen LogP contribution >= 0.6 is 11.3 Å². The second kappa shape index (κ2) is 5.56. The van der Waals surface area contributed by atoms with Crippen molar-refractivity contribution in [3.63, 3.8) is 0 Å². The van der Waals surface area contributed by atoms with E-state index in [9.17, 15) is 9.59 Å². The van der Waals surface area contributed by atoms with Crippen molar-refractivity contribution in [2.75, 3.05) is 0 Å². The first-order chi connectivity index (χ1) is 9.63. The molecule has 1 aromatic rings. The molecule has 0 saturated heterocycles. The normalized spacial score (nSPS) is 19.1. The Hall–Kier alpha value is -1.36. The standard InChI is InChI=1S/C15H19NO3S/c1-9(14(17)16-11-6-7-11)19-15(18)13-8-10-4-2-3-5-12(10)20-13/h8-9,11H,2-7H2,1H3,(H,16,17)/t9-/m1/s1. The largest absolute Gasteiger partial charge is 0.448 e. The fourth-order valence-electron chi connectivity index (χ4n) is 2.41. The first kappa shape index (κ1) is 13.6. The molecule has 0 bridgehead atoms. The molecule has 1 fully saturated rings. The van der Waals surface area contributed by atoms with Gasteiger partial charge in [-0.25, -0.2) is 4.79 Å². The minimum Gasteiger partial charge on any atom is -0.448 e. The number of carbonyl (C=O) groups excluding carboxylic acids is 2. The van der Waals surface area contributed by atoms with E-state index in [2.05, 4.69) is 5.32 Å². The summed E-state index contributed by atoms with van der Waals surface area (Å²) in [6, 6.07) is 2.23. The van der Waals surface area contributed by atoms with Gasteiger partial charge in [0.05, 0.1) is 0 Å². The maximum absolute atomic E-state index is 12.1. The van der Waals surface area contributed by atoms with Gasteiger partial charge in [0.1, 0.15) is 4.88 Å². The molecular weight excluding hydrogens is 274 g/mol. The van der Waals surface area contributed by atoms with Gasteiger partial charge in [-0.3, -0.25) is 4.79 Å². The molecule has 0 spiro atoms. The highest BCUT2D eigenvalue weighted by Gasteiger charge is 2.28. The van der Waals surface area contributed by atoms with E-state index >= 15 is 0 Å². The van der Waals surface area contributed by atoms with Gasteiger partial charge < -0.3 is 10.1 Å². The van der Waals surface area contributed by atoms with Crippen LogP contribution < -0.4 is 5.32 Å². The Morgan fingerprint density at radius 3 is 2.80 bits per heavy atom. The lowest BCUT2D eigenvalue weighted by Gasteiger charge is -2.12. The Morgan fingerprint density at radius 2 is 2.10 bits per heavy atom. The summed E-state index contributed by atoms with van der Waals surface area (Å²) in [6.07, 6.45) is 5.85. The quantitative estimate of drug-likeness (QED) is 0.868. The third kappa shape index (κ3) is 3.03. The summed E-state index contributed by atoms with van der Waals surface area (Å²) in [5, 5.41) is 2.85. The number of hydrogen-bond donors (Lipinski definition) is 1. The number of esters is 1. The Labute approximate surface area is 122 Å². The van der Waals surface area contributed by atoms with Gasteiger partial charge in [0, 0.05) is 10.9 Å². The lowest BCUT2D eigenvalue weighted by atomic mass is 9.99. The van der Waals surface area contributed by atoms with Crippen LogP contribution in [-0.4, -0.2) is 24.0 Å². The zero-order valence-corrected chi connectivity index (χ0v) is 12.4. The van der Waals surface area contributed by atoms with Crippen LogP contribution in [0.5, 0.6) is 0 Å². The number of hydrogen-bond acceptors (Lipinski definition) is 4. The molecule has 108 valence electrons. The summed E-state index contributed by atoms with van der Waals surface area (Å²) in [5.74, 6) is -0.565. The van der Waals surface area contributed by atoms with Gasteiger partial charge in [-0.1, -0.05) is 0 Å². The maximum atomic E-state index is 12.1. The second-order valence-corrected chi connectivity index (χ2v) is 6.73. The third-order valence-corrected chi connectivity index (χ3v) is 4.99. The van der Waals surface area contributed by atoms with E-state index in [4.69, 9.17) is 4.74 Å². The van der Waals surface area contributed by atoms with Gasteiger partial charge in [-0.05, 0) is 57.1 Å². The van der Waals surface area contributed by atoms with Crippen molar-refractivity contribution in [3.8, 4) is 0 Å². The highest BCUT2D eigenvalue weighted by molar-refractivity contribution is 7.14. The molecule has 1 aromatic heterocycles. The number of rotatable bonds is 4. The minimum atomic E-state index is -0.720. The van der Waals surface area contributed by atoms with Crippen molar-refractivity contribution in [1.82, 2.24) is 5.32 Å².